The van der Waals surface area contributed by atoms with Crippen LogP contribution in [0, 0.1) is 0 Å². The molecule has 0 unspecified atom stereocenters. The molecule has 182 valence electrons. The van der Waals surface area contributed by atoms with Crippen molar-refractivity contribution in [2.24, 2.45) is 0 Å². The standard InChI is InChI=1S/C22H11ClF6N4O.ClH/c23-9-15-19-17(31-13-5-3-10(21(24,25)26)8-16(13)34-19)11-4-6-14(32-20(11)33-15)18-12(22(27,28)29)2-1-7-30-18;/h1-8,31H,9H2;1H. The van der Waals surface area contributed by atoms with Crippen molar-refractivity contribution in [3.05, 3.63) is 65.5 Å². The summed E-state index contributed by atoms with van der Waals surface area (Å²) in [6.07, 6.45) is -7.97. The molecule has 0 radical (unpaired) electrons. The van der Waals surface area contributed by atoms with Crippen LogP contribution in [0.5, 0.6) is 11.5 Å². The first-order chi connectivity index (χ1) is 16.1. The topological polar surface area (TPSA) is 59.9 Å². The van der Waals surface area contributed by atoms with Gasteiger partial charge >= 0.3 is 12.4 Å². The van der Waals surface area contributed by atoms with Crippen LogP contribution in [0.3, 0.4) is 0 Å². The summed E-state index contributed by atoms with van der Waals surface area (Å²) in [5, 5.41) is 3.38. The number of ether oxygens (including phenoxy) is 1. The molecule has 0 spiro atoms. The first kappa shape index (κ1) is 24.8. The lowest BCUT2D eigenvalue weighted by molar-refractivity contribution is -0.138. The molecule has 0 amide bonds. The molecule has 1 aromatic carbocycles. The molecule has 0 fully saturated rings. The summed E-state index contributed by atoms with van der Waals surface area (Å²) in [5.41, 5.74) is -1.43. The van der Waals surface area contributed by atoms with E-state index in [1.807, 2.05) is 0 Å². The van der Waals surface area contributed by atoms with Crippen LogP contribution in [0.2, 0.25) is 0 Å². The summed E-state index contributed by atoms with van der Waals surface area (Å²) < 4.78 is 85.3. The summed E-state index contributed by atoms with van der Waals surface area (Å²) in [6.45, 7) is 0. The normalized spacial score (nSPS) is 12.8. The Hall–Kier alpha value is -3.31. The number of hydrogen-bond acceptors (Lipinski definition) is 5. The fraction of sp³-hybridized carbons (Fsp3) is 0.136. The fourth-order valence-corrected chi connectivity index (χ4v) is 3.78. The molecule has 0 saturated heterocycles. The lowest BCUT2D eigenvalue weighted by atomic mass is 10.1. The Balaban J connectivity index is 0.00000289. The Bertz CT molecular complexity index is 1440. The van der Waals surface area contributed by atoms with E-state index in [0.29, 0.717) is 11.1 Å². The van der Waals surface area contributed by atoms with Crippen molar-refractivity contribution in [3.63, 3.8) is 0 Å². The van der Waals surface area contributed by atoms with Gasteiger partial charge in [-0.15, -0.1) is 24.0 Å². The van der Waals surface area contributed by atoms with Crippen molar-refractivity contribution in [2.45, 2.75) is 18.2 Å². The van der Waals surface area contributed by atoms with E-state index in [2.05, 4.69) is 20.3 Å². The monoisotopic (exact) mass is 532 g/mol. The average molecular weight is 533 g/mol. The van der Waals surface area contributed by atoms with Gasteiger partial charge in [0.05, 0.1) is 34.1 Å². The Morgan fingerprint density at radius 1 is 0.943 bits per heavy atom. The Morgan fingerprint density at radius 2 is 1.71 bits per heavy atom. The van der Waals surface area contributed by atoms with Crippen molar-refractivity contribution in [1.82, 2.24) is 15.0 Å². The molecule has 4 aromatic rings. The molecular formula is C22H12Cl2F6N4O. The van der Waals surface area contributed by atoms with Crippen molar-refractivity contribution in [3.8, 4) is 22.9 Å². The van der Waals surface area contributed by atoms with E-state index in [-0.39, 0.29) is 58.2 Å². The van der Waals surface area contributed by atoms with E-state index in [9.17, 15) is 26.3 Å². The fourth-order valence-electron chi connectivity index (χ4n) is 3.60. The Kier molecular flexibility index (Phi) is 6.18. The van der Waals surface area contributed by atoms with Crippen LogP contribution >= 0.6 is 24.0 Å². The quantitative estimate of drug-likeness (QED) is 0.186. The molecule has 1 aliphatic rings. The van der Waals surface area contributed by atoms with Crippen LogP contribution in [-0.2, 0) is 18.2 Å². The smallest absolute Gasteiger partial charge is 0.418 e. The van der Waals surface area contributed by atoms with Crippen LogP contribution in [0.25, 0.3) is 22.4 Å². The number of nitrogens with one attached hydrogen (secondary N) is 1. The molecule has 0 aliphatic carbocycles. The van der Waals surface area contributed by atoms with E-state index in [1.165, 1.54) is 30.5 Å². The van der Waals surface area contributed by atoms with Gasteiger partial charge in [-0.3, -0.25) is 4.98 Å². The minimum Gasteiger partial charge on any atom is -0.451 e. The zero-order valence-electron chi connectivity index (χ0n) is 17.1. The van der Waals surface area contributed by atoms with Crippen LogP contribution in [0.4, 0.5) is 37.7 Å². The molecule has 0 atom stereocenters. The van der Waals surface area contributed by atoms with Gasteiger partial charge in [0.15, 0.2) is 17.1 Å². The number of rotatable bonds is 2. The van der Waals surface area contributed by atoms with Crippen molar-refractivity contribution in [1.29, 1.82) is 0 Å². The number of anilines is 2. The predicted octanol–water partition coefficient (Wildman–Crippen LogP) is 7.74. The predicted molar refractivity (Wildman–Crippen MR) is 119 cm³/mol. The van der Waals surface area contributed by atoms with E-state index >= 15 is 0 Å². The molecule has 35 heavy (non-hydrogen) atoms. The van der Waals surface area contributed by atoms with Gasteiger partial charge < -0.3 is 10.1 Å². The van der Waals surface area contributed by atoms with Crippen LogP contribution < -0.4 is 10.1 Å². The minimum absolute atomic E-state index is 0. The number of hydrogen-bond donors (Lipinski definition) is 1. The first-order valence-corrected chi connectivity index (χ1v) is 10.2. The van der Waals surface area contributed by atoms with Gasteiger partial charge in [0, 0.05) is 11.6 Å². The molecule has 3 aromatic heterocycles. The third-order valence-corrected chi connectivity index (χ3v) is 5.39. The van der Waals surface area contributed by atoms with Crippen LogP contribution in [-0.4, -0.2) is 15.0 Å². The SMILES string of the molecule is Cl.FC(F)(F)c1ccc2c(c1)Oc1c(CCl)nc3nc(-c4ncccc4C(F)(F)F)ccc3c1N2. The zero-order chi connectivity index (χ0) is 24.3. The van der Waals surface area contributed by atoms with Crippen molar-refractivity contribution in [2.75, 3.05) is 5.32 Å². The lowest BCUT2D eigenvalue weighted by Crippen LogP contribution is -2.11. The number of benzene rings is 1. The Morgan fingerprint density at radius 3 is 2.40 bits per heavy atom. The molecule has 1 aliphatic heterocycles. The zero-order valence-corrected chi connectivity index (χ0v) is 18.7. The van der Waals surface area contributed by atoms with E-state index in [0.717, 1.165) is 18.2 Å². The van der Waals surface area contributed by atoms with Gasteiger partial charge in [-0.25, -0.2) is 9.97 Å². The summed E-state index contributed by atoms with van der Waals surface area (Å²) in [6, 6.07) is 7.90. The number of fused-ring (bicyclic) bond motifs is 4. The highest BCUT2D eigenvalue weighted by molar-refractivity contribution is 6.17. The lowest BCUT2D eigenvalue weighted by Gasteiger charge is -2.25. The molecule has 1 N–H and O–H groups in total. The summed E-state index contributed by atoms with van der Waals surface area (Å²) in [7, 11) is 0. The molecular weight excluding hydrogens is 521 g/mol. The summed E-state index contributed by atoms with van der Waals surface area (Å²) in [5.74, 6) is -0.141. The van der Waals surface area contributed by atoms with Crippen LogP contribution in [0.15, 0.2) is 48.7 Å². The van der Waals surface area contributed by atoms with Gasteiger partial charge in [0.2, 0.25) is 0 Å². The van der Waals surface area contributed by atoms with Crippen LogP contribution in [0.1, 0.15) is 16.8 Å². The van der Waals surface area contributed by atoms with Gasteiger partial charge in [-0.05, 0) is 42.5 Å². The van der Waals surface area contributed by atoms with E-state index in [4.69, 9.17) is 16.3 Å². The van der Waals surface area contributed by atoms with Crippen molar-refractivity contribution >= 4 is 46.4 Å². The number of aromatic nitrogens is 3. The number of alkyl halides is 7. The number of pyridine rings is 3. The van der Waals surface area contributed by atoms with E-state index in [1.54, 1.807) is 0 Å². The number of nitrogens with zero attached hydrogens (tertiary/aromatic N) is 3. The highest BCUT2D eigenvalue weighted by atomic mass is 35.5. The van der Waals surface area contributed by atoms with E-state index < -0.39 is 23.5 Å². The summed E-state index contributed by atoms with van der Waals surface area (Å²) in [4.78, 5) is 12.4. The number of halogens is 8. The minimum atomic E-state index is -4.64. The third-order valence-electron chi connectivity index (χ3n) is 5.14. The maximum atomic E-state index is 13.4. The van der Waals surface area contributed by atoms with Gasteiger partial charge in [-0.2, -0.15) is 26.3 Å². The first-order valence-electron chi connectivity index (χ1n) is 9.64. The maximum Gasteiger partial charge on any atom is 0.418 e. The second-order valence-corrected chi connectivity index (χ2v) is 7.56. The molecule has 13 heteroatoms. The van der Waals surface area contributed by atoms with Gasteiger partial charge in [0.1, 0.15) is 11.4 Å². The van der Waals surface area contributed by atoms with Crippen molar-refractivity contribution < 1.29 is 31.1 Å². The van der Waals surface area contributed by atoms with Gasteiger partial charge in [0.25, 0.3) is 0 Å². The maximum absolute atomic E-state index is 13.4. The molecule has 5 rings (SSSR count). The molecule has 4 heterocycles. The highest BCUT2D eigenvalue weighted by Crippen LogP contribution is 2.48. The van der Waals surface area contributed by atoms with Gasteiger partial charge in [-0.1, -0.05) is 0 Å². The molecule has 0 bridgehead atoms. The third kappa shape index (κ3) is 4.41. The Labute approximate surface area is 204 Å². The second kappa shape index (κ2) is 8.72. The second-order valence-electron chi connectivity index (χ2n) is 7.30. The largest absolute Gasteiger partial charge is 0.451 e. The average Bonchev–Trinajstić information content (AvgIpc) is 2.80. The summed E-state index contributed by atoms with van der Waals surface area (Å²) >= 11 is 6.00. The molecule has 5 nitrogen and oxygen atoms in total. The molecule has 0 saturated carbocycles. The highest BCUT2D eigenvalue weighted by Gasteiger charge is 2.35.